The van der Waals surface area contributed by atoms with Gasteiger partial charge in [0, 0.05) is 61.8 Å². The van der Waals surface area contributed by atoms with Crippen molar-refractivity contribution < 1.29 is 70.7 Å². The lowest BCUT2D eigenvalue weighted by molar-refractivity contribution is -0.193. The molecular formula is C43H43F6N5O10. The Kier molecular flexibility index (Phi) is 17.8. The number of likely N-dealkylation sites (tertiary alicyclic amines) is 1. The average molecular weight is 904 g/mol. The van der Waals surface area contributed by atoms with Crippen LogP contribution in [0.2, 0.25) is 0 Å². The number of carboxylic acids is 2. The molecule has 1 aliphatic heterocycles. The minimum absolute atomic E-state index is 0.0517. The highest BCUT2D eigenvalue weighted by Crippen LogP contribution is 2.30. The highest BCUT2D eigenvalue weighted by molar-refractivity contribution is 5.92. The number of aliphatic hydroxyl groups is 1. The number of fused-ring (bicyclic) bond motifs is 1. The van der Waals surface area contributed by atoms with Crippen molar-refractivity contribution in [3.63, 3.8) is 0 Å². The first kappa shape index (κ1) is 49.7. The average Bonchev–Trinajstić information content (AvgIpc) is 3.24. The molecule has 1 saturated heterocycles. The molecule has 64 heavy (non-hydrogen) atoms. The number of aromatic amines is 1. The van der Waals surface area contributed by atoms with Crippen LogP contribution in [0.15, 0.2) is 108 Å². The summed E-state index contributed by atoms with van der Waals surface area (Å²) in [6.07, 6.45) is -9.91. The van der Waals surface area contributed by atoms with Gasteiger partial charge in [0.1, 0.15) is 11.9 Å². The van der Waals surface area contributed by atoms with Gasteiger partial charge >= 0.3 is 30.4 Å². The number of phenolic OH excluding ortho intramolecular Hbond substituents is 1. The number of benzene rings is 4. The Morgan fingerprint density at radius 2 is 1.38 bits per heavy atom. The summed E-state index contributed by atoms with van der Waals surface area (Å²) in [4.78, 5) is 59.7. The Labute approximate surface area is 360 Å². The number of para-hydroxylation sites is 1. The number of anilines is 2. The SMILES string of the molecule is O=C(CCN1CCC(OC(=O)Nc2ccccc2-c2ccccc2)CC1)Nc1ccc(CNC[C@H](O)c2ccc(O)c3[nH]c(=O)ccc23)cc1.O=C(O)C(F)(F)F.O=C(O)C(F)(F)F. The fraction of sp³-hybridized carbons (Fsp3) is 0.279. The second-order valence-corrected chi connectivity index (χ2v) is 14.0. The van der Waals surface area contributed by atoms with Gasteiger partial charge in [-0.2, -0.15) is 26.3 Å². The van der Waals surface area contributed by atoms with E-state index in [-0.39, 0.29) is 29.9 Å². The Balaban J connectivity index is 0.000000555. The molecule has 6 rings (SSSR count). The van der Waals surface area contributed by atoms with Crippen LogP contribution in [-0.4, -0.2) is 98.9 Å². The van der Waals surface area contributed by atoms with Gasteiger partial charge in [0.15, 0.2) is 0 Å². The van der Waals surface area contributed by atoms with E-state index in [9.17, 15) is 50.9 Å². The predicted octanol–water partition coefficient (Wildman–Crippen LogP) is 7.03. The van der Waals surface area contributed by atoms with Crippen molar-refractivity contribution in [2.24, 2.45) is 0 Å². The maximum absolute atomic E-state index is 12.7. The van der Waals surface area contributed by atoms with Crippen LogP contribution in [0.25, 0.3) is 22.0 Å². The normalized spacial score (nSPS) is 13.6. The molecule has 2 amide bonds. The van der Waals surface area contributed by atoms with Crippen LogP contribution in [-0.2, 0) is 25.7 Å². The number of amides is 2. The van der Waals surface area contributed by atoms with E-state index in [2.05, 4.69) is 25.8 Å². The number of aromatic hydroxyl groups is 1. The first-order valence-electron chi connectivity index (χ1n) is 19.3. The van der Waals surface area contributed by atoms with Gasteiger partial charge in [-0.1, -0.05) is 66.7 Å². The van der Waals surface area contributed by atoms with Gasteiger partial charge < -0.3 is 45.7 Å². The third-order valence-corrected chi connectivity index (χ3v) is 9.37. The number of aromatic nitrogens is 1. The molecule has 0 bridgehead atoms. The number of phenols is 1. The molecule has 1 fully saturated rings. The highest BCUT2D eigenvalue weighted by Gasteiger charge is 2.39. The zero-order chi connectivity index (χ0) is 47.0. The molecule has 2 heterocycles. The van der Waals surface area contributed by atoms with Crippen LogP contribution in [0.3, 0.4) is 0 Å². The van der Waals surface area contributed by atoms with Crippen molar-refractivity contribution in [3.05, 3.63) is 125 Å². The summed E-state index contributed by atoms with van der Waals surface area (Å²) < 4.78 is 69.2. The van der Waals surface area contributed by atoms with Crippen molar-refractivity contribution in [1.82, 2.24) is 15.2 Å². The second kappa shape index (κ2) is 22.9. The quantitative estimate of drug-likeness (QED) is 0.0590. The molecule has 0 unspecified atom stereocenters. The van der Waals surface area contributed by atoms with Crippen molar-refractivity contribution in [2.45, 2.75) is 50.4 Å². The van der Waals surface area contributed by atoms with Crippen LogP contribution >= 0.6 is 0 Å². The summed E-state index contributed by atoms with van der Waals surface area (Å²) >= 11 is 0. The minimum Gasteiger partial charge on any atom is -0.506 e. The maximum atomic E-state index is 12.7. The highest BCUT2D eigenvalue weighted by atomic mass is 19.4. The van der Waals surface area contributed by atoms with E-state index in [1.807, 2.05) is 78.9 Å². The van der Waals surface area contributed by atoms with Gasteiger partial charge in [-0.15, -0.1) is 0 Å². The van der Waals surface area contributed by atoms with Crippen LogP contribution in [0, 0.1) is 0 Å². The number of rotatable bonds is 12. The topological polar surface area (TPSA) is 231 Å². The fourth-order valence-electron chi connectivity index (χ4n) is 6.20. The fourth-order valence-corrected chi connectivity index (χ4v) is 6.20. The van der Waals surface area contributed by atoms with Crippen molar-refractivity contribution in [2.75, 3.05) is 36.8 Å². The Bertz CT molecular complexity index is 2380. The zero-order valence-corrected chi connectivity index (χ0v) is 33.6. The number of H-pyrrole nitrogens is 1. The lowest BCUT2D eigenvalue weighted by Crippen LogP contribution is -2.39. The number of aliphatic hydroxyl groups excluding tert-OH is 1. The Hall–Kier alpha value is -6.97. The molecule has 0 aliphatic carbocycles. The molecule has 8 N–H and O–H groups in total. The summed E-state index contributed by atoms with van der Waals surface area (Å²) in [5.41, 5.74) is 4.90. The van der Waals surface area contributed by atoms with Gasteiger partial charge in [-0.25, -0.2) is 14.4 Å². The molecule has 5 aromatic rings. The lowest BCUT2D eigenvalue weighted by Gasteiger charge is -2.31. The smallest absolute Gasteiger partial charge is 0.490 e. The number of halogens is 6. The summed E-state index contributed by atoms with van der Waals surface area (Å²) in [6, 6.07) is 31.1. The van der Waals surface area contributed by atoms with Crippen molar-refractivity contribution in [3.8, 4) is 16.9 Å². The zero-order valence-electron chi connectivity index (χ0n) is 33.6. The van der Waals surface area contributed by atoms with Gasteiger partial charge in [-0.05, 0) is 59.9 Å². The second-order valence-electron chi connectivity index (χ2n) is 14.0. The Morgan fingerprint density at radius 1 is 0.781 bits per heavy atom. The van der Waals surface area contributed by atoms with Gasteiger partial charge in [-0.3, -0.25) is 14.9 Å². The van der Waals surface area contributed by atoms with E-state index >= 15 is 0 Å². The van der Waals surface area contributed by atoms with Crippen LogP contribution in [0.4, 0.5) is 42.5 Å². The molecule has 1 aromatic heterocycles. The number of nitrogens with zero attached hydrogens (tertiary/aromatic N) is 1. The van der Waals surface area contributed by atoms with E-state index in [1.165, 1.54) is 12.1 Å². The van der Waals surface area contributed by atoms with Gasteiger partial charge in [0.05, 0.1) is 17.3 Å². The molecular weight excluding hydrogens is 860 g/mol. The van der Waals surface area contributed by atoms with Crippen LogP contribution < -0.4 is 21.5 Å². The molecule has 0 saturated carbocycles. The number of carbonyl (C=O) groups excluding carboxylic acids is 2. The third kappa shape index (κ3) is 15.7. The molecule has 0 spiro atoms. The summed E-state index contributed by atoms with van der Waals surface area (Å²) in [7, 11) is 0. The van der Waals surface area contributed by atoms with E-state index in [4.69, 9.17) is 24.5 Å². The van der Waals surface area contributed by atoms with Gasteiger partial charge in [0.2, 0.25) is 11.5 Å². The third-order valence-electron chi connectivity index (χ3n) is 9.37. The molecule has 1 aliphatic rings. The van der Waals surface area contributed by atoms with Crippen LogP contribution in [0.1, 0.15) is 36.5 Å². The number of pyridine rings is 1. The monoisotopic (exact) mass is 903 g/mol. The number of alkyl halides is 6. The molecule has 15 nitrogen and oxygen atoms in total. The van der Waals surface area contributed by atoms with Crippen molar-refractivity contribution in [1.29, 1.82) is 0 Å². The largest absolute Gasteiger partial charge is 0.506 e. The van der Waals surface area contributed by atoms with E-state index in [0.29, 0.717) is 60.2 Å². The van der Waals surface area contributed by atoms with E-state index in [1.54, 1.807) is 12.1 Å². The number of aliphatic carboxylic acids is 2. The molecule has 0 radical (unpaired) electrons. The number of hydrogen-bond donors (Lipinski definition) is 8. The number of carbonyl (C=O) groups is 4. The first-order valence-corrected chi connectivity index (χ1v) is 19.3. The molecule has 21 heteroatoms. The molecule has 4 aromatic carbocycles. The summed E-state index contributed by atoms with van der Waals surface area (Å²) in [5.74, 6) is -5.64. The van der Waals surface area contributed by atoms with Crippen LogP contribution in [0.5, 0.6) is 5.75 Å². The molecule has 342 valence electrons. The summed E-state index contributed by atoms with van der Waals surface area (Å²) in [6.45, 7) is 2.86. The number of nitrogens with one attached hydrogen (secondary N) is 4. The van der Waals surface area contributed by atoms with Gasteiger partial charge in [0.25, 0.3) is 0 Å². The lowest BCUT2D eigenvalue weighted by atomic mass is 10.0. The number of hydrogen-bond acceptors (Lipinski definition) is 10. The number of carboxylic acid groups (broad SMARTS) is 2. The van der Waals surface area contributed by atoms with E-state index in [0.717, 1.165) is 29.8 Å². The maximum Gasteiger partial charge on any atom is 0.490 e. The standard InChI is InChI=1S/C39H41N5O6.2C2HF3O2/c45-34-16-14-31(32-15-17-36(47)43-38(32)34)35(46)25-40-24-26-10-12-28(13-11-26)41-37(48)20-23-44-21-18-29(19-22-44)50-39(49)42-33-9-5-4-8-30(33)27-6-2-1-3-7-27;2*3-2(4,5)1(6)7/h1-17,29,35,40,45-46H,18-25H2,(H,41,48)(H,42,49)(H,43,47);2*(H,6,7)/t35-;;/m0../s1. The Morgan fingerprint density at radius 3 is 1.98 bits per heavy atom. The number of ether oxygens (including phenoxy) is 1. The predicted molar refractivity (Wildman–Crippen MR) is 221 cm³/mol. The first-order chi connectivity index (χ1) is 30.2. The van der Waals surface area contributed by atoms with Crippen molar-refractivity contribution >= 4 is 46.2 Å². The van der Waals surface area contributed by atoms with E-state index < -0.39 is 36.5 Å². The minimum atomic E-state index is -5.08. The number of piperidine rings is 1. The summed E-state index contributed by atoms with van der Waals surface area (Å²) in [5, 5.41) is 44.8. The molecule has 1 atom stereocenters.